The number of nitrogens with zero attached hydrogens (tertiary/aromatic N) is 6. The normalized spacial score (nSPS) is 11.0. The molecule has 9 nitrogen and oxygen atoms in total. The molecule has 0 aliphatic heterocycles. The summed E-state index contributed by atoms with van der Waals surface area (Å²) in [6, 6.07) is 5.33. The highest BCUT2D eigenvalue weighted by Gasteiger charge is 2.17. The monoisotopic (exact) mass is 333 g/mol. The minimum absolute atomic E-state index is 0.0702. The van der Waals surface area contributed by atoms with Crippen molar-refractivity contribution in [2.45, 2.75) is 20.0 Å². The van der Waals surface area contributed by atoms with Crippen molar-refractivity contribution >= 4 is 0 Å². The molecule has 0 atom stereocenters. The highest BCUT2D eigenvalue weighted by molar-refractivity contribution is 5.51. The molecule has 24 heavy (non-hydrogen) atoms. The Labute approximate surface area is 136 Å². The van der Waals surface area contributed by atoms with Crippen molar-refractivity contribution < 1.29 is 9.13 Å². The van der Waals surface area contributed by atoms with Crippen LogP contribution in [0.25, 0.3) is 5.69 Å². The second-order valence-electron chi connectivity index (χ2n) is 5.11. The van der Waals surface area contributed by atoms with Crippen LogP contribution in [0.15, 0.2) is 29.2 Å². The standard InChI is InChI=1S/C14H16FN7O2/c1-3-9-5-4-6-12(22-14(23)20(2)18-19-22)13(9)24-8-11-10(15)7-21(16)17-11/h4-7H,3,8,16H2,1-2H3. The zero-order chi connectivity index (χ0) is 17.3. The van der Waals surface area contributed by atoms with Gasteiger partial charge in [0.1, 0.15) is 23.7 Å². The summed E-state index contributed by atoms with van der Waals surface area (Å²) in [5.41, 5.74) is 0.934. The van der Waals surface area contributed by atoms with E-state index in [1.54, 1.807) is 12.1 Å². The van der Waals surface area contributed by atoms with E-state index in [2.05, 4.69) is 15.5 Å². The first-order chi connectivity index (χ1) is 11.5. The van der Waals surface area contributed by atoms with Gasteiger partial charge >= 0.3 is 5.69 Å². The van der Waals surface area contributed by atoms with E-state index in [0.29, 0.717) is 17.9 Å². The van der Waals surface area contributed by atoms with Crippen LogP contribution in [0.2, 0.25) is 0 Å². The number of rotatable bonds is 5. The number of aryl methyl sites for hydroxylation is 2. The Balaban J connectivity index is 2.01. The van der Waals surface area contributed by atoms with Crippen molar-refractivity contribution in [1.29, 1.82) is 0 Å². The van der Waals surface area contributed by atoms with E-state index in [9.17, 15) is 9.18 Å². The Morgan fingerprint density at radius 1 is 1.33 bits per heavy atom. The molecule has 0 saturated heterocycles. The molecule has 126 valence electrons. The largest absolute Gasteiger partial charge is 0.485 e. The number of hydrogen-bond acceptors (Lipinski definition) is 6. The lowest BCUT2D eigenvalue weighted by atomic mass is 10.1. The van der Waals surface area contributed by atoms with Crippen molar-refractivity contribution in [3.8, 4) is 11.4 Å². The molecule has 0 aliphatic rings. The van der Waals surface area contributed by atoms with Gasteiger partial charge in [-0.2, -0.15) is 19.3 Å². The van der Waals surface area contributed by atoms with E-state index in [-0.39, 0.29) is 12.3 Å². The predicted octanol–water partition coefficient (Wildman–Crippen LogP) is 0.157. The number of nitrogen functional groups attached to an aromatic ring is 1. The summed E-state index contributed by atoms with van der Waals surface area (Å²) in [6.07, 6.45) is 1.71. The number of ether oxygens (including phenoxy) is 1. The molecule has 0 amide bonds. The molecule has 0 aliphatic carbocycles. The quantitative estimate of drug-likeness (QED) is 0.667. The van der Waals surface area contributed by atoms with Gasteiger partial charge in [-0.3, -0.25) is 0 Å². The predicted molar refractivity (Wildman–Crippen MR) is 82.6 cm³/mol. The lowest BCUT2D eigenvalue weighted by molar-refractivity contribution is 0.290. The van der Waals surface area contributed by atoms with Gasteiger partial charge in [-0.05, 0) is 28.5 Å². The Kier molecular flexibility index (Phi) is 4.02. The smallest absolute Gasteiger partial charge is 0.368 e. The molecule has 0 spiro atoms. The summed E-state index contributed by atoms with van der Waals surface area (Å²) in [5.74, 6) is 5.25. The maximum atomic E-state index is 13.7. The fourth-order valence-corrected chi connectivity index (χ4v) is 2.29. The first-order valence-corrected chi connectivity index (χ1v) is 7.24. The van der Waals surface area contributed by atoms with Gasteiger partial charge in [0.15, 0.2) is 5.82 Å². The molecule has 1 aromatic carbocycles. The average molecular weight is 333 g/mol. The SMILES string of the molecule is CCc1cccc(-n2nnn(C)c2=O)c1OCc1nn(N)cc1F. The van der Waals surface area contributed by atoms with Gasteiger partial charge in [-0.1, -0.05) is 19.1 Å². The van der Waals surface area contributed by atoms with E-state index >= 15 is 0 Å². The van der Waals surface area contributed by atoms with Crippen LogP contribution in [0, 0.1) is 5.82 Å². The number of halogens is 1. The molecular weight excluding hydrogens is 317 g/mol. The van der Waals surface area contributed by atoms with Gasteiger partial charge in [0.2, 0.25) is 0 Å². The van der Waals surface area contributed by atoms with Gasteiger partial charge in [0.05, 0.1) is 6.20 Å². The van der Waals surface area contributed by atoms with Gasteiger partial charge < -0.3 is 10.6 Å². The van der Waals surface area contributed by atoms with Crippen LogP contribution < -0.4 is 16.3 Å². The summed E-state index contributed by atoms with van der Waals surface area (Å²) in [7, 11) is 1.50. The minimum atomic E-state index is -0.565. The second kappa shape index (κ2) is 6.14. The van der Waals surface area contributed by atoms with Gasteiger partial charge in [-0.15, -0.1) is 0 Å². The third-order valence-corrected chi connectivity index (χ3v) is 3.52. The number of nitrogens with two attached hydrogens (primary N) is 1. The van der Waals surface area contributed by atoms with E-state index in [0.717, 1.165) is 25.9 Å². The number of aromatic nitrogens is 6. The van der Waals surface area contributed by atoms with Crippen LogP contribution in [0.4, 0.5) is 4.39 Å². The Morgan fingerprint density at radius 3 is 2.71 bits per heavy atom. The van der Waals surface area contributed by atoms with Crippen LogP contribution in [0.1, 0.15) is 18.2 Å². The first-order valence-electron chi connectivity index (χ1n) is 7.24. The van der Waals surface area contributed by atoms with Crippen molar-refractivity contribution in [3.05, 3.63) is 52.0 Å². The van der Waals surface area contributed by atoms with Crippen molar-refractivity contribution in [2.75, 3.05) is 5.84 Å². The number of hydrogen-bond donors (Lipinski definition) is 1. The fourth-order valence-electron chi connectivity index (χ4n) is 2.29. The molecule has 0 unspecified atom stereocenters. The number of para-hydroxylation sites is 1. The van der Waals surface area contributed by atoms with E-state index in [1.165, 1.54) is 7.05 Å². The molecule has 0 radical (unpaired) electrons. The first kappa shape index (κ1) is 15.7. The molecule has 10 heteroatoms. The van der Waals surface area contributed by atoms with Crippen LogP contribution >= 0.6 is 0 Å². The Hall–Kier alpha value is -3.17. The van der Waals surface area contributed by atoms with Crippen molar-refractivity contribution in [1.82, 2.24) is 29.7 Å². The van der Waals surface area contributed by atoms with Gasteiger partial charge in [0.25, 0.3) is 0 Å². The zero-order valence-electron chi connectivity index (χ0n) is 13.2. The number of tetrazole rings is 1. The number of benzene rings is 1. The maximum Gasteiger partial charge on any atom is 0.368 e. The van der Waals surface area contributed by atoms with Crippen molar-refractivity contribution in [3.63, 3.8) is 0 Å². The second-order valence-corrected chi connectivity index (χ2v) is 5.11. The summed E-state index contributed by atoms with van der Waals surface area (Å²) in [6.45, 7) is 1.82. The van der Waals surface area contributed by atoms with E-state index in [1.807, 2.05) is 13.0 Å². The van der Waals surface area contributed by atoms with Crippen LogP contribution in [0.5, 0.6) is 5.75 Å². The molecule has 0 bridgehead atoms. The summed E-state index contributed by atoms with van der Waals surface area (Å²) in [4.78, 5) is 13.0. The van der Waals surface area contributed by atoms with Crippen LogP contribution in [0.3, 0.4) is 0 Å². The zero-order valence-corrected chi connectivity index (χ0v) is 13.2. The topological polar surface area (TPSA) is 106 Å². The third-order valence-electron chi connectivity index (χ3n) is 3.52. The highest BCUT2D eigenvalue weighted by atomic mass is 19.1. The van der Waals surface area contributed by atoms with Gasteiger partial charge in [-0.25, -0.2) is 9.18 Å². The molecule has 0 saturated carbocycles. The average Bonchev–Trinajstić information content (AvgIpc) is 3.07. The molecule has 2 aromatic heterocycles. The Morgan fingerprint density at radius 2 is 2.12 bits per heavy atom. The fraction of sp³-hybridized carbons (Fsp3) is 0.286. The molecule has 2 heterocycles. The van der Waals surface area contributed by atoms with Crippen LogP contribution in [-0.4, -0.2) is 29.7 Å². The summed E-state index contributed by atoms with van der Waals surface area (Å²) < 4.78 is 21.7. The minimum Gasteiger partial charge on any atom is -0.485 e. The lowest BCUT2D eigenvalue weighted by Gasteiger charge is -2.13. The molecule has 3 aromatic rings. The van der Waals surface area contributed by atoms with Crippen LogP contribution in [-0.2, 0) is 20.1 Å². The summed E-state index contributed by atoms with van der Waals surface area (Å²) >= 11 is 0. The summed E-state index contributed by atoms with van der Waals surface area (Å²) in [5, 5.41) is 11.3. The lowest BCUT2D eigenvalue weighted by Crippen LogP contribution is -2.22. The maximum absolute atomic E-state index is 13.7. The molecule has 3 rings (SSSR count). The van der Waals surface area contributed by atoms with E-state index in [4.69, 9.17) is 10.6 Å². The Bertz CT molecular complexity index is 928. The van der Waals surface area contributed by atoms with Gasteiger partial charge in [0, 0.05) is 7.05 Å². The molecule has 0 fully saturated rings. The third kappa shape index (κ3) is 2.73. The van der Waals surface area contributed by atoms with Crippen molar-refractivity contribution in [2.24, 2.45) is 7.05 Å². The molecular formula is C14H16FN7O2. The molecule has 2 N–H and O–H groups in total. The highest BCUT2D eigenvalue weighted by Crippen LogP contribution is 2.27. The van der Waals surface area contributed by atoms with E-state index < -0.39 is 11.5 Å².